The van der Waals surface area contributed by atoms with Gasteiger partial charge >= 0.3 is 0 Å². The number of rotatable bonds is 8. The molecule has 0 saturated heterocycles. The van der Waals surface area contributed by atoms with Gasteiger partial charge in [-0.3, -0.25) is 0 Å². The van der Waals surface area contributed by atoms with E-state index in [1.807, 2.05) is 6.20 Å². The number of anilines is 1. The Kier molecular flexibility index (Phi) is 5.84. The van der Waals surface area contributed by atoms with Gasteiger partial charge in [0.1, 0.15) is 5.82 Å². The van der Waals surface area contributed by atoms with E-state index in [2.05, 4.69) is 48.1 Å². The van der Waals surface area contributed by atoms with Gasteiger partial charge in [0.15, 0.2) is 0 Å². The summed E-state index contributed by atoms with van der Waals surface area (Å²) in [7, 11) is 0. The van der Waals surface area contributed by atoms with E-state index < -0.39 is 0 Å². The molecule has 0 amide bonds. The van der Waals surface area contributed by atoms with Crippen LogP contribution >= 0.6 is 0 Å². The maximum Gasteiger partial charge on any atom is 0.128 e. The summed E-state index contributed by atoms with van der Waals surface area (Å²) in [6.45, 7) is 10.9. The Bertz CT molecular complexity index is 399. The fraction of sp³-hybridized carbons (Fsp3) is 0.706. The van der Waals surface area contributed by atoms with E-state index in [9.17, 15) is 0 Å². The first-order valence-corrected chi connectivity index (χ1v) is 8.09. The van der Waals surface area contributed by atoms with Gasteiger partial charge in [-0.1, -0.05) is 20.3 Å². The molecule has 1 aliphatic rings. The highest BCUT2D eigenvalue weighted by Crippen LogP contribution is 2.28. The van der Waals surface area contributed by atoms with E-state index in [-0.39, 0.29) is 0 Å². The first kappa shape index (κ1) is 15.3. The van der Waals surface area contributed by atoms with Gasteiger partial charge in [-0.15, -0.1) is 0 Å². The fourth-order valence-corrected chi connectivity index (χ4v) is 2.62. The molecule has 1 fully saturated rings. The number of nitrogens with zero attached hydrogens (tertiary/aromatic N) is 2. The van der Waals surface area contributed by atoms with Crippen molar-refractivity contribution in [2.75, 3.05) is 24.5 Å². The average molecular weight is 275 g/mol. The van der Waals surface area contributed by atoms with Gasteiger partial charge in [-0.05, 0) is 55.8 Å². The molecule has 1 aliphatic carbocycles. The Labute approximate surface area is 123 Å². The molecule has 2 rings (SSSR count). The molecule has 1 N–H and O–H groups in total. The summed E-state index contributed by atoms with van der Waals surface area (Å²) in [6, 6.07) is 4.36. The van der Waals surface area contributed by atoms with Gasteiger partial charge in [0.2, 0.25) is 0 Å². The third-order valence-electron chi connectivity index (χ3n) is 4.10. The standard InChI is InChI=1S/C17H29N3/c1-4-20(13-15-6-5-7-15)17-10-16(8-9-19-17)12-18-11-14(2)3/h8-10,14-15,18H,4-7,11-13H2,1-3H3. The zero-order valence-corrected chi connectivity index (χ0v) is 13.2. The molecule has 3 nitrogen and oxygen atoms in total. The molecule has 0 unspecified atom stereocenters. The third-order valence-corrected chi connectivity index (χ3v) is 4.10. The van der Waals surface area contributed by atoms with Crippen LogP contribution in [0.4, 0.5) is 5.82 Å². The topological polar surface area (TPSA) is 28.2 Å². The molecule has 1 aromatic heterocycles. The Morgan fingerprint density at radius 2 is 2.20 bits per heavy atom. The van der Waals surface area contributed by atoms with Crippen molar-refractivity contribution in [3.8, 4) is 0 Å². The molecule has 1 saturated carbocycles. The highest BCUT2D eigenvalue weighted by atomic mass is 15.2. The minimum atomic E-state index is 0.696. The number of aromatic nitrogens is 1. The summed E-state index contributed by atoms with van der Waals surface area (Å²) in [6.07, 6.45) is 6.15. The van der Waals surface area contributed by atoms with Crippen LogP contribution in [0.3, 0.4) is 0 Å². The highest BCUT2D eigenvalue weighted by molar-refractivity contribution is 5.41. The zero-order chi connectivity index (χ0) is 14.4. The predicted octanol–water partition coefficient (Wildman–Crippen LogP) is 3.45. The van der Waals surface area contributed by atoms with Crippen molar-refractivity contribution in [2.24, 2.45) is 11.8 Å². The SMILES string of the molecule is CCN(CC1CCC1)c1cc(CNCC(C)C)ccn1. The van der Waals surface area contributed by atoms with Crippen LogP contribution in [0.5, 0.6) is 0 Å². The lowest BCUT2D eigenvalue weighted by molar-refractivity contribution is 0.318. The quantitative estimate of drug-likeness (QED) is 0.787. The minimum absolute atomic E-state index is 0.696. The average Bonchev–Trinajstić information content (AvgIpc) is 2.37. The lowest BCUT2D eigenvalue weighted by Crippen LogP contribution is -2.33. The molecule has 1 heterocycles. The second-order valence-corrected chi connectivity index (χ2v) is 6.38. The maximum atomic E-state index is 4.56. The van der Waals surface area contributed by atoms with Crippen LogP contribution in [0.1, 0.15) is 45.6 Å². The molecule has 0 bridgehead atoms. The summed E-state index contributed by atoms with van der Waals surface area (Å²) >= 11 is 0. The van der Waals surface area contributed by atoms with E-state index >= 15 is 0 Å². The molecule has 1 aromatic rings. The van der Waals surface area contributed by atoms with Crippen molar-refractivity contribution in [2.45, 2.75) is 46.6 Å². The van der Waals surface area contributed by atoms with Gasteiger partial charge in [-0.25, -0.2) is 4.98 Å². The number of hydrogen-bond acceptors (Lipinski definition) is 3. The Morgan fingerprint density at radius 3 is 2.80 bits per heavy atom. The largest absolute Gasteiger partial charge is 0.357 e. The zero-order valence-electron chi connectivity index (χ0n) is 13.2. The lowest BCUT2D eigenvalue weighted by atomic mass is 9.85. The second kappa shape index (κ2) is 7.63. The Hall–Kier alpha value is -1.09. The van der Waals surface area contributed by atoms with Crippen molar-refractivity contribution in [3.63, 3.8) is 0 Å². The van der Waals surface area contributed by atoms with Crippen LogP contribution in [0.2, 0.25) is 0 Å². The smallest absolute Gasteiger partial charge is 0.128 e. The first-order valence-electron chi connectivity index (χ1n) is 8.09. The van der Waals surface area contributed by atoms with E-state index in [1.54, 1.807) is 0 Å². The summed E-state index contributed by atoms with van der Waals surface area (Å²) < 4.78 is 0. The molecule has 112 valence electrons. The van der Waals surface area contributed by atoms with Crippen molar-refractivity contribution in [1.29, 1.82) is 0 Å². The van der Waals surface area contributed by atoms with Crippen LogP contribution in [0.15, 0.2) is 18.3 Å². The maximum absolute atomic E-state index is 4.56. The van der Waals surface area contributed by atoms with Gasteiger partial charge in [0.25, 0.3) is 0 Å². The van der Waals surface area contributed by atoms with Gasteiger partial charge in [0, 0.05) is 25.8 Å². The molecule has 0 radical (unpaired) electrons. The van der Waals surface area contributed by atoms with Crippen LogP contribution in [0, 0.1) is 11.8 Å². The van der Waals surface area contributed by atoms with Crippen molar-refractivity contribution in [3.05, 3.63) is 23.9 Å². The molecule has 0 aromatic carbocycles. The second-order valence-electron chi connectivity index (χ2n) is 6.38. The van der Waals surface area contributed by atoms with Gasteiger partial charge < -0.3 is 10.2 Å². The van der Waals surface area contributed by atoms with Crippen LogP contribution in [-0.4, -0.2) is 24.6 Å². The molecule has 0 aliphatic heterocycles. The normalized spacial score (nSPS) is 15.4. The number of pyridine rings is 1. The Balaban J connectivity index is 1.92. The van der Waals surface area contributed by atoms with E-state index in [4.69, 9.17) is 0 Å². The fourth-order valence-electron chi connectivity index (χ4n) is 2.62. The molecule has 20 heavy (non-hydrogen) atoms. The number of nitrogens with one attached hydrogen (secondary N) is 1. The highest BCUT2D eigenvalue weighted by Gasteiger charge is 2.20. The molecular formula is C17H29N3. The van der Waals surface area contributed by atoms with E-state index in [0.717, 1.165) is 31.4 Å². The summed E-state index contributed by atoms with van der Waals surface area (Å²) in [5.74, 6) is 2.73. The number of hydrogen-bond donors (Lipinski definition) is 1. The van der Waals surface area contributed by atoms with Gasteiger partial charge in [-0.2, -0.15) is 0 Å². The van der Waals surface area contributed by atoms with E-state index in [1.165, 1.54) is 31.4 Å². The molecular weight excluding hydrogens is 246 g/mol. The molecule has 0 spiro atoms. The lowest BCUT2D eigenvalue weighted by Gasteiger charge is -2.32. The van der Waals surface area contributed by atoms with Crippen molar-refractivity contribution >= 4 is 5.82 Å². The van der Waals surface area contributed by atoms with Crippen molar-refractivity contribution < 1.29 is 0 Å². The monoisotopic (exact) mass is 275 g/mol. The third kappa shape index (κ3) is 4.48. The Morgan fingerprint density at radius 1 is 1.40 bits per heavy atom. The van der Waals surface area contributed by atoms with E-state index in [0.29, 0.717) is 5.92 Å². The summed E-state index contributed by atoms with van der Waals surface area (Å²) in [4.78, 5) is 6.99. The molecule has 0 atom stereocenters. The van der Waals surface area contributed by atoms with Crippen molar-refractivity contribution in [1.82, 2.24) is 10.3 Å². The van der Waals surface area contributed by atoms with Crippen LogP contribution in [0.25, 0.3) is 0 Å². The van der Waals surface area contributed by atoms with Crippen LogP contribution < -0.4 is 10.2 Å². The van der Waals surface area contributed by atoms with Crippen LogP contribution in [-0.2, 0) is 6.54 Å². The predicted molar refractivity (Wildman–Crippen MR) is 86.0 cm³/mol. The molecule has 3 heteroatoms. The first-order chi connectivity index (χ1) is 9.69. The van der Waals surface area contributed by atoms with Gasteiger partial charge in [0.05, 0.1) is 0 Å². The summed E-state index contributed by atoms with van der Waals surface area (Å²) in [5.41, 5.74) is 1.34. The minimum Gasteiger partial charge on any atom is -0.357 e. The summed E-state index contributed by atoms with van der Waals surface area (Å²) in [5, 5.41) is 3.50.